The second-order valence-corrected chi connectivity index (χ2v) is 2.75. The summed E-state index contributed by atoms with van der Waals surface area (Å²) in [6, 6.07) is 4.23. The van der Waals surface area contributed by atoms with Crippen LogP contribution in [0.25, 0.3) is 0 Å². The first kappa shape index (κ1) is 6.92. The fourth-order valence-electron chi connectivity index (χ4n) is 0.784. The van der Waals surface area contributed by atoms with E-state index in [9.17, 15) is 0 Å². The van der Waals surface area contributed by atoms with Gasteiger partial charge in [-0.25, -0.2) is 0 Å². The Bertz CT molecular complexity index is 208. The highest BCUT2D eigenvalue weighted by atomic mass is 14.9. The first-order valence-corrected chi connectivity index (χ1v) is 4.05. The third-order valence-corrected chi connectivity index (χ3v) is 1.76. The van der Waals surface area contributed by atoms with Crippen LogP contribution in [0.15, 0.2) is 18.3 Å². The van der Waals surface area contributed by atoms with Crippen LogP contribution in [0.4, 0.5) is 0 Å². The molecule has 0 fully saturated rings. The van der Waals surface area contributed by atoms with Crippen molar-refractivity contribution >= 4 is 0 Å². The van der Waals surface area contributed by atoms with Crippen molar-refractivity contribution in [1.29, 1.82) is 0 Å². The van der Waals surface area contributed by atoms with Gasteiger partial charge in [0, 0.05) is 25.8 Å². The topological polar surface area (TPSA) is 27.8 Å². The predicted octanol–water partition coefficient (Wildman–Crippen LogP) is 1.90. The van der Waals surface area contributed by atoms with Gasteiger partial charge in [-0.15, -0.1) is 0 Å². The lowest BCUT2D eigenvalue weighted by Gasteiger charge is -2.09. The summed E-state index contributed by atoms with van der Waals surface area (Å²) in [7, 11) is 0. The molecule has 1 heterocycles. The van der Waals surface area contributed by atoms with Crippen LogP contribution in [0.5, 0.6) is 0 Å². The van der Waals surface area contributed by atoms with Gasteiger partial charge in [0.2, 0.25) is 0 Å². The summed E-state index contributed by atoms with van der Waals surface area (Å²) >= 11 is 0. The van der Waals surface area contributed by atoms with Crippen molar-refractivity contribution in [1.82, 2.24) is 10.3 Å². The van der Waals surface area contributed by atoms with Crippen LogP contribution in [0.3, 0.4) is 0 Å². The lowest BCUT2D eigenvalue weighted by Crippen LogP contribution is -2.24. The molecular weight excluding hydrogens is 136 g/mol. The lowest BCUT2D eigenvalue weighted by molar-refractivity contribution is 0.530. The standard InChI is InChI=1S/C9H16N2/c1-3-8(2)11-7-9-5-4-6-10-9/h4-6,8,10-11H,3,7H2,1-2H3/t8-/m0/s1/i7D/t7-,8-. The van der Waals surface area contributed by atoms with Crippen LogP contribution in [0.2, 0.25) is 0 Å². The fraction of sp³-hybridized carbons (Fsp3) is 0.556. The number of aromatic nitrogens is 1. The Kier molecular flexibility index (Phi) is 2.63. The molecule has 2 N–H and O–H groups in total. The third kappa shape index (κ3) is 2.76. The number of rotatable bonds is 4. The molecule has 0 spiro atoms. The number of aromatic amines is 1. The Morgan fingerprint density at radius 2 is 2.64 bits per heavy atom. The van der Waals surface area contributed by atoms with Crippen molar-refractivity contribution < 1.29 is 1.37 Å². The molecule has 0 saturated carbocycles. The third-order valence-electron chi connectivity index (χ3n) is 1.76. The van der Waals surface area contributed by atoms with Gasteiger partial charge in [0.05, 0.1) is 0 Å². The molecule has 0 saturated heterocycles. The normalized spacial score (nSPS) is 17.5. The second-order valence-electron chi connectivity index (χ2n) is 2.75. The summed E-state index contributed by atoms with van der Waals surface area (Å²) in [5.74, 6) is 0. The van der Waals surface area contributed by atoms with Crippen molar-refractivity contribution in [3.63, 3.8) is 0 Å². The van der Waals surface area contributed by atoms with Crippen molar-refractivity contribution in [2.75, 3.05) is 0 Å². The van der Waals surface area contributed by atoms with E-state index >= 15 is 0 Å². The van der Waals surface area contributed by atoms with E-state index in [4.69, 9.17) is 1.37 Å². The molecule has 1 aromatic heterocycles. The minimum atomic E-state index is -0.324. The fourth-order valence-corrected chi connectivity index (χ4v) is 0.784. The molecule has 0 amide bonds. The van der Waals surface area contributed by atoms with E-state index in [1.165, 1.54) is 0 Å². The minimum absolute atomic E-state index is 0.324. The van der Waals surface area contributed by atoms with Gasteiger partial charge in [-0.3, -0.25) is 0 Å². The Hall–Kier alpha value is -0.760. The van der Waals surface area contributed by atoms with Gasteiger partial charge >= 0.3 is 0 Å². The summed E-state index contributed by atoms with van der Waals surface area (Å²) in [6.45, 7) is 3.87. The number of H-pyrrole nitrogens is 1. The highest BCUT2D eigenvalue weighted by Crippen LogP contribution is 1.95. The van der Waals surface area contributed by atoms with Crippen molar-refractivity contribution in [2.24, 2.45) is 0 Å². The van der Waals surface area contributed by atoms with Gasteiger partial charge < -0.3 is 10.3 Å². The summed E-state index contributed by atoms with van der Waals surface area (Å²) in [5, 5.41) is 3.17. The Morgan fingerprint density at radius 3 is 3.18 bits per heavy atom. The lowest BCUT2D eigenvalue weighted by atomic mass is 10.2. The molecular formula is C9H16N2. The molecule has 11 heavy (non-hydrogen) atoms. The van der Waals surface area contributed by atoms with E-state index in [0.29, 0.717) is 6.04 Å². The Morgan fingerprint density at radius 1 is 1.82 bits per heavy atom. The molecule has 2 heteroatoms. The molecule has 2 nitrogen and oxygen atoms in total. The van der Waals surface area contributed by atoms with Crippen LogP contribution in [-0.4, -0.2) is 11.0 Å². The maximum atomic E-state index is 7.72. The van der Waals surface area contributed by atoms with E-state index in [1.807, 2.05) is 18.3 Å². The van der Waals surface area contributed by atoms with Crippen LogP contribution >= 0.6 is 0 Å². The zero-order chi connectivity index (χ0) is 8.97. The molecule has 0 unspecified atom stereocenters. The minimum Gasteiger partial charge on any atom is -0.364 e. The summed E-state index contributed by atoms with van der Waals surface area (Å²) in [5.41, 5.74) is 0.926. The zero-order valence-electron chi connectivity index (χ0n) is 8.09. The predicted molar refractivity (Wildman–Crippen MR) is 47.4 cm³/mol. The summed E-state index contributed by atoms with van der Waals surface area (Å²) in [4.78, 5) is 3.02. The molecule has 2 atom stereocenters. The maximum absolute atomic E-state index is 7.72. The Labute approximate surface area is 69.4 Å². The average Bonchev–Trinajstić information content (AvgIpc) is 2.56. The summed E-state index contributed by atoms with van der Waals surface area (Å²) < 4.78 is 7.72. The van der Waals surface area contributed by atoms with E-state index in [0.717, 1.165) is 12.1 Å². The molecule has 0 radical (unpaired) electrons. The molecule has 62 valence electrons. The molecule has 0 aliphatic heterocycles. The smallest absolute Gasteiger partial charge is 0.0495 e. The van der Waals surface area contributed by atoms with Crippen LogP contribution in [0.1, 0.15) is 27.3 Å². The van der Waals surface area contributed by atoms with Crippen LogP contribution in [-0.2, 0) is 6.52 Å². The van der Waals surface area contributed by atoms with Crippen molar-refractivity contribution in [3.8, 4) is 0 Å². The van der Waals surface area contributed by atoms with Crippen LogP contribution < -0.4 is 5.32 Å². The van der Waals surface area contributed by atoms with Gasteiger partial charge in [0.15, 0.2) is 0 Å². The number of hydrogen-bond acceptors (Lipinski definition) is 1. The largest absolute Gasteiger partial charge is 0.364 e. The quantitative estimate of drug-likeness (QED) is 0.679. The van der Waals surface area contributed by atoms with Gasteiger partial charge in [0.1, 0.15) is 0 Å². The van der Waals surface area contributed by atoms with Gasteiger partial charge in [-0.1, -0.05) is 6.92 Å². The second kappa shape index (κ2) is 4.19. The number of nitrogens with one attached hydrogen (secondary N) is 2. The van der Waals surface area contributed by atoms with Gasteiger partial charge in [-0.05, 0) is 25.5 Å². The van der Waals surface area contributed by atoms with Gasteiger partial charge in [0.25, 0.3) is 0 Å². The average molecular weight is 153 g/mol. The molecule has 1 aromatic rings. The molecule has 0 aliphatic rings. The maximum Gasteiger partial charge on any atom is 0.0495 e. The molecule has 1 rings (SSSR count). The molecule has 0 aromatic carbocycles. The monoisotopic (exact) mass is 153 g/mol. The van der Waals surface area contributed by atoms with E-state index in [-0.39, 0.29) is 6.52 Å². The first-order chi connectivity index (χ1) is 5.74. The summed E-state index contributed by atoms with van der Waals surface area (Å²) in [6.07, 6.45) is 2.89. The highest BCUT2D eigenvalue weighted by Gasteiger charge is 1.96. The van der Waals surface area contributed by atoms with Crippen molar-refractivity contribution in [2.45, 2.75) is 32.8 Å². The van der Waals surface area contributed by atoms with E-state index in [1.54, 1.807) is 0 Å². The molecule has 0 aliphatic carbocycles. The van der Waals surface area contributed by atoms with Crippen molar-refractivity contribution in [3.05, 3.63) is 24.0 Å². The zero-order valence-corrected chi connectivity index (χ0v) is 7.09. The van der Waals surface area contributed by atoms with E-state index in [2.05, 4.69) is 24.1 Å². The number of hydrogen-bond donors (Lipinski definition) is 2. The Balaban J connectivity index is 2.44. The SMILES string of the molecule is [2H][C@H](N[C@@H](C)CC)c1ccc[nH]1. The molecule has 0 bridgehead atoms. The first-order valence-electron chi connectivity index (χ1n) is 4.63. The van der Waals surface area contributed by atoms with E-state index < -0.39 is 0 Å². The van der Waals surface area contributed by atoms with Gasteiger partial charge in [-0.2, -0.15) is 0 Å². The van der Waals surface area contributed by atoms with Crippen LogP contribution in [0, 0.1) is 0 Å². The highest BCUT2D eigenvalue weighted by molar-refractivity contribution is 5.02.